The van der Waals surface area contributed by atoms with E-state index < -0.39 is 0 Å². The molecule has 0 saturated heterocycles. The van der Waals surface area contributed by atoms with E-state index >= 15 is 0 Å². The number of carbonyl (C=O) groups is 2. The second-order valence-electron chi connectivity index (χ2n) is 5.11. The zero-order valence-electron chi connectivity index (χ0n) is 11.9. The summed E-state index contributed by atoms with van der Waals surface area (Å²) < 4.78 is 5.07. The number of aryl methyl sites for hydroxylation is 1. The smallest absolute Gasteiger partial charge is 0.308 e. The zero-order valence-corrected chi connectivity index (χ0v) is 12.7. The van der Waals surface area contributed by atoms with Crippen molar-refractivity contribution >= 4 is 23.5 Å². The van der Waals surface area contributed by atoms with Gasteiger partial charge in [-0.05, 0) is 38.8 Å². The standard InChI is InChI=1S/C16H20O3S/c1-3-19-16(18)12-6-9-14(17)15(10-12)20-13-7-4-11(2)5-8-13/h4-5,7-8,12,15H,3,6,9-10H2,1-2H3. The van der Waals surface area contributed by atoms with Crippen LogP contribution in [-0.4, -0.2) is 23.6 Å². The molecule has 2 rings (SSSR count). The second-order valence-corrected chi connectivity index (χ2v) is 6.39. The van der Waals surface area contributed by atoms with Crippen LogP contribution in [0, 0.1) is 12.8 Å². The van der Waals surface area contributed by atoms with E-state index in [4.69, 9.17) is 4.74 Å². The summed E-state index contributed by atoms with van der Waals surface area (Å²) in [5.74, 6) is -0.0405. The number of hydrogen-bond acceptors (Lipinski definition) is 4. The molecule has 108 valence electrons. The first-order valence-electron chi connectivity index (χ1n) is 7.02. The van der Waals surface area contributed by atoms with Crippen LogP contribution < -0.4 is 0 Å². The van der Waals surface area contributed by atoms with Crippen LogP contribution in [0.4, 0.5) is 0 Å². The molecule has 1 aliphatic rings. The number of rotatable bonds is 4. The van der Waals surface area contributed by atoms with Gasteiger partial charge < -0.3 is 4.74 Å². The van der Waals surface area contributed by atoms with Gasteiger partial charge in [0.05, 0.1) is 17.8 Å². The van der Waals surface area contributed by atoms with Crippen molar-refractivity contribution in [2.45, 2.75) is 43.3 Å². The minimum Gasteiger partial charge on any atom is -0.466 e. The molecule has 2 atom stereocenters. The molecule has 1 aromatic carbocycles. The molecular weight excluding hydrogens is 272 g/mol. The van der Waals surface area contributed by atoms with Crippen LogP contribution in [-0.2, 0) is 14.3 Å². The Morgan fingerprint density at radius 3 is 2.70 bits per heavy atom. The molecule has 0 amide bonds. The van der Waals surface area contributed by atoms with Gasteiger partial charge in [0.15, 0.2) is 0 Å². The Morgan fingerprint density at radius 1 is 1.35 bits per heavy atom. The third-order valence-corrected chi connectivity index (χ3v) is 4.80. The first kappa shape index (κ1) is 15.1. The highest BCUT2D eigenvalue weighted by Gasteiger charge is 2.33. The molecule has 3 nitrogen and oxygen atoms in total. The Hall–Kier alpha value is -1.29. The molecule has 1 aliphatic carbocycles. The first-order valence-corrected chi connectivity index (χ1v) is 7.90. The lowest BCUT2D eigenvalue weighted by atomic mass is 9.88. The molecule has 0 aliphatic heterocycles. The molecule has 0 aromatic heterocycles. The zero-order chi connectivity index (χ0) is 14.5. The summed E-state index contributed by atoms with van der Waals surface area (Å²) in [6, 6.07) is 8.14. The average Bonchev–Trinajstić information content (AvgIpc) is 2.44. The number of Topliss-reactive ketones (excluding diaryl/α,β-unsaturated/α-hetero) is 1. The number of esters is 1. The molecule has 1 aromatic rings. The maximum atomic E-state index is 12.0. The van der Waals surface area contributed by atoms with Crippen molar-refractivity contribution < 1.29 is 14.3 Å². The van der Waals surface area contributed by atoms with E-state index in [1.165, 1.54) is 5.56 Å². The number of carbonyl (C=O) groups excluding carboxylic acids is 2. The predicted molar refractivity (Wildman–Crippen MR) is 79.8 cm³/mol. The molecule has 20 heavy (non-hydrogen) atoms. The van der Waals surface area contributed by atoms with E-state index in [0.717, 1.165) is 4.90 Å². The minimum atomic E-state index is -0.158. The maximum absolute atomic E-state index is 12.0. The number of hydrogen-bond donors (Lipinski definition) is 0. The fraction of sp³-hybridized carbons (Fsp3) is 0.500. The summed E-state index contributed by atoms with van der Waals surface area (Å²) in [6.07, 6.45) is 1.70. The summed E-state index contributed by atoms with van der Waals surface area (Å²) in [5.41, 5.74) is 1.20. The average molecular weight is 292 g/mol. The molecule has 1 saturated carbocycles. The van der Waals surface area contributed by atoms with Crippen LogP contribution in [0.2, 0.25) is 0 Å². The van der Waals surface area contributed by atoms with E-state index in [2.05, 4.69) is 0 Å². The summed E-state index contributed by atoms with van der Waals surface area (Å²) >= 11 is 1.56. The molecule has 0 N–H and O–H groups in total. The largest absolute Gasteiger partial charge is 0.466 e. The van der Waals surface area contributed by atoms with Crippen LogP contribution in [0.1, 0.15) is 31.7 Å². The highest BCUT2D eigenvalue weighted by atomic mass is 32.2. The number of benzene rings is 1. The van der Waals surface area contributed by atoms with Crippen LogP contribution >= 0.6 is 11.8 Å². The van der Waals surface area contributed by atoms with Crippen LogP contribution in [0.3, 0.4) is 0 Å². The quantitative estimate of drug-likeness (QED) is 0.798. The van der Waals surface area contributed by atoms with Crippen molar-refractivity contribution in [2.24, 2.45) is 5.92 Å². The third-order valence-electron chi connectivity index (χ3n) is 3.52. The topological polar surface area (TPSA) is 43.4 Å². The molecule has 0 heterocycles. The van der Waals surface area contributed by atoms with E-state index in [-0.39, 0.29) is 22.9 Å². The lowest BCUT2D eigenvalue weighted by Crippen LogP contribution is -2.32. The Labute approximate surface area is 124 Å². The van der Waals surface area contributed by atoms with Gasteiger partial charge in [-0.2, -0.15) is 0 Å². The van der Waals surface area contributed by atoms with E-state index in [9.17, 15) is 9.59 Å². The fourth-order valence-electron chi connectivity index (χ4n) is 2.35. The summed E-state index contributed by atoms with van der Waals surface area (Å²) in [5, 5.41) is -0.124. The SMILES string of the molecule is CCOC(=O)C1CCC(=O)C(Sc2ccc(C)cc2)C1. The van der Waals surface area contributed by atoms with E-state index in [0.29, 0.717) is 25.9 Å². The van der Waals surface area contributed by atoms with E-state index in [1.807, 2.05) is 38.1 Å². The second kappa shape index (κ2) is 6.93. The van der Waals surface area contributed by atoms with Gasteiger partial charge in [0.25, 0.3) is 0 Å². The monoisotopic (exact) mass is 292 g/mol. The highest BCUT2D eigenvalue weighted by molar-refractivity contribution is 8.00. The normalized spacial score (nSPS) is 22.6. The number of ketones is 1. The minimum absolute atomic E-state index is 0.124. The first-order chi connectivity index (χ1) is 9.60. The third kappa shape index (κ3) is 3.85. The Balaban J connectivity index is 2.00. The van der Waals surface area contributed by atoms with E-state index in [1.54, 1.807) is 11.8 Å². The number of thioether (sulfide) groups is 1. The molecular formula is C16H20O3S. The molecule has 1 fully saturated rings. The van der Waals surface area contributed by atoms with Crippen molar-refractivity contribution in [2.75, 3.05) is 6.61 Å². The van der Waals surface area contributed by atoms with Gasteiger partial charge in [0, 0.05) is 11.3 Å². The van der Waals surface area contributed by atoms with Gasteiger partial charge in [-0.15, -0.1) is 11.8 Å². The fourth-order valence-corrected chi connectivity index (χ4v) is 3.55. The molecule has 0 bridgehead atoms. The Morgan fingerprint density at radius 2 is 2.05 bits per heavy atom. The lowest BCUT2D eigenvalue weighted by Gasteiger charge is -2.26. The molecule has 0 spiro atoms. The van der Waals surface area contributed by atoms with Crippen molar-refractivity contribution in [3.63, 3.8) is 0 Å². The van der Waals surface area contributed by atoms with Crippen molar-refractivity contribution in [1.29, 1.82) is 0 Å². The Bertz CT molecular complexity index is 481. The summed E-state index contributed by atoms with van der Waals surface area (Å²) in [6.45, 7) is 4.25. The van der Waals surface area contributed by atoms with Gasteiger partial charge in [-0.25, -0.2) is 0 Å². The summed E-state index contributed by atoms with van der Waals surface area (Å²) in [4.78, 5) is 24.9. The van der Waals surface area contributed by atoms with Gasteiger partial charge >= 0.3 is 5.97 Å². The number of ether oxygens (including phenoxy) is 1. The van der Waals surface area contributed by atoms with Gasteiger partial charge in [-0.1, -0.05) is 17.7 Å². The van der Waals surface area contributed by atoms with Crippen molar-refractivity contribution in [3.8, 4) is 0 Å². The molecule has 0 radical (unpaired) electrons. The highest BCUT2D eigenvalue weighted by Crippen LogP contribution is 2.34. The molecule has 2 unspecified atom stereocenters. The van der Waals surface area contributed by atoms with Crippen LogP contribution in [0.5, 0.6) is 0 Å². The van der Waals surface area contributed by atoms with Crippen LogP contribution in [0.25, 0.3) is 0 Å². The lowest BCUT2D eigenvalue weighted by molar-refractivity contribution is -0.149. The summed E-state index contributed by atoms with van der Waals surface area (Å²) in [7, 11) is 0. The predicted octanol–water partition coefficient (Wildman–Crippen LogP) is 3.39. The maximum Gasteiger partial charge on any atom is 0.308 e. The van der Waals surface area contributed by atoms with Crippen molar-refractivity contribution in [3.05, 3.63) is 29.8 Å². The molecule has 4 heteroatoms. The van der Waals surface area contributed by atoms with Gasteiger partial charge in [-0.3, -0.25) is 9.59 Å². The Kier molecular flexibility index (Phi) is 5.24. The van der Waals surface area contributed by atoms with Crippen molar-refractivity contribution in [1.82, 2.24) is 0 Å². The van der Waals surface area contributed by atoms with Crippen LogP contribution in [0.15, 0.2) is 29.2 Å². The van der Waals surface area contributed by atoms with Gasteiger partial charge in [0.1, 0.15) is 5.78 Å². The van der Waals surface area contributed by atoms with Gasteiger partial charge in [0.2, 0.25) is 0 Å².